The second-order valence-corrected chi connectivity index (χ2v) is 6.25. The molecule has 1 aromatic rings. The summed E-state index contributed by atoms with van der Waals surface area (Å²) in [6.45, 7) is 4.66. The maximum Gasteiger partial charge on any atom is 0.403 e. The van der Waals surface area contributed by atoms with Crippen LogP contribution in [-0.4, -0.2) is 74.4 Å². The van der Waals surface area contributed by atoms with E-state index in [1.54, 1.807) is 7.05 Å². The number of nitrogens with zero attached hydrogens (tertiary/aromatic N) is 3. The highest BCUT2D eigenvalue weighted by atomic mass is 19.4. The van der Waals surface area contributed by atoms with Gasteiger partial charge in [0.2, 0.25) is 0 Å². The number of alkyl halides is 3. The molecule has 0 spiro atoms. The predicted octanol–water partition coefficient (Wildman–Crippen LogP) is 2.35. The zero-order valence-corrected chi connectivity index (χ0v) is 15.3. The largest absolute Gasteiger partial charge is 0.403 e. The molecule has 0 saturated carbocycles. The van der Waals surface area contributed by atoms with E-state index in [4.69, 9.17) is 4.74 Å². The molecule has 1 aliphatic rings. The van der Waals surface area contributed by atoms with Gasteiger partial charge in [0.25, 0.3) is 0 Å². The van der Waals surface area contributed by atoms with Gasteiger partial charge in [0.1, 0.15) is 6.04 Å². The van der Waals surface area contributed by atoms with Crippen LogP contribution in [0.2, 0.25) is 0 Å². The standard InChI is InChI=1S/C18H27F3N4O/c1-15(18(19,20)21)24-9-11-25(12-10-24)17(22-2)23-8-13-26-14-16-6-4-3-5-7-16/h3-7,15H,8-14H2,1-2H3,(H,22,23). The molecule has 0 amide bonds. The summed E-state index contributed by atoms with van der Waals surface area (Å²) in [4.78, 5) is 7.67. The molecular weight excluding hydrogens is 345 g/mol. The van der Waals surface area contributed by atoms with Crippen molar-refractivity contribution < 1.29 is 17.9 Å². The number of piperazine rings is 1. The van der Waals surface area contributed by atoms with Crippen LogP contribution in [0.1, 0.15) is 12.5 Å². The van der Waals surface area contributed by atoms with Crippen molar-refractivity contribution in [3.63, 3.8) is 0 Å². The monoisotopic (exact) mass is 372 g/mol. The number of hydrogen-bond donors (Lipinski definition) is 1. The third-order valence-corrected chi connectivity index (χ3v) is 4.49. The van der Waals surface area contributed by atoms with Gasteiger partial charge in [-0.15, -0.1) is 0 Å². The van der Waals surface area contributed by atoms with Crippen molar-refractivity contribution in [3.05, 3.63) is 35.9 Å². The SMILES string of the molecule is CN=C(NCCOCc1ccccc1)N1CCN(C(C)C(F)(F)F)CC1. The molecule has 5 nitrogen and oxygen atoms in total. The number of rotatable bonds is 6. The van der Waals surface area contributed by atoms with Crippen molar-refractivity contribution in [2.45, 2.75) is 25.7 Å². The van der Waals surface area contributed by atoms with E-state index in [2.05, 4.69) is 10.3 Å². The summed E-state index contributed by atoms with van der Waals surface area (Å²) in [5, 5.41) is 3.21. The van der Waals surface area contributed by atoms with Gasteiger partial charge in [-0.1, -0.05) is 30.3 Å². The van der Waals surface area contributed by atoms with Crippen molar-refractivity contribution in [1.82, 2.24) is 15.1 Å². The van der Waals surface area contributed by atoms with E-state index in [0.717, 1.165) is 5.56 Å². The van der Waals surface area contributed by atoms with Crippen molar-refractivity contribution in [2.24, 2.45) is 4.99 Å². The van der Waals surface area contributed by atoms with Crippen LogP contribution in [-0.2, 0) is 11.3 Å². The summed E-state index contributed by atoms with van der Waals surface area (Å²) in [5.74, 6) is 0.702. The second-order valence-electron chi connectivity index (χ2n) is 6.25. The molecule has 0 bridgehead atoms. The lowest BCUT2D eigenvalue weighted by molar-refractivity contribution is -0.181. The van der Waals surface area contributed by atoms with Crippen LogP contribution in [0.3, 0.4) is 0 Å². The molecule has 2 rings (SSSR count). The lowest BCUT2D eigenvalue weighted by atomic mass is 10.2. The topological polar surface area (TPSA) is 40.1 Å². The van der Waals surface area contributed by atoms with Crippen LogP contribution in [0.25, 0.3) is 0 Å². The fraction of sp³-hybridized carbons (Fsp3) is 0.611. The van der Waals surface area contributed by atoms with Gasteiger partial charge < -0.3 is 15.0 Å². The van der Waals surface area contributed by atoms with Crippen molar-refractivity contribution in [1.29, 1.82) is 0 Å². The van der Waals surface area contributed by atoms with Crippen molar-refractivity contribution in [2.75, 3.05) is 46.4 Å². The number of aliphatic imine (C=N–C) groups is 1. The highest BCUT2D eigenvalue weighted by molar-refractivity contribution is 5.80. The molecule has 8 heteroatoms. The minimum Gasteiger partial charge on any atom is -0.375 e. The Labute approximate surface area is 152 Å². The normalized spacial score (nSPS) is 18.0. The predicted molar refractivity (Wildman–Crippen MR) is 96.1 cm³/mol. The summed E-state index contributed by atoms with van der Waals surface area (Å²) in [6, 6.07) is 8.51. The smallest absolute Gasteiger partial charge is 0.375 e. The van der Waals surface area contributed by atoms with Gasteiger partial charge in [0, 0.05) is 39.8 Å². The van der Waals surface area contributed by atoms with Gasteiger partial charge >= 0.3 is 6.18 Å². The van der Waals surface area contributed by atoms with Crippen LogP contribution >= 0.6 is 0 Å². The van der Waals surface area contributed by atoms with Gasteiger partial charge in [-0.3, -0.25) is 9.89 Å². The number of ether oxygens (including phenoxy) is 1. The van der Waals surface area contributed by atoms with Crippen LogP contribution in [0.15, 0.2) is 35.3 Å². The fourth-order valence-electron chi connectivity index (χ4n) is 2.86. The van der Waals surface area contributed by atoms with Crippen LogP contribution in [0, 0.1) is 0 Å². The molecule has 0 aromatic heterocycles. The van der Waals surface area contributed by atoms with E-state index in [0.29, 0.717) is 51.9 Å². The van der Waals surface area contributed by atoms with Gasteiger partial charge in [0.05, 0.1) is 13.2 Å². The average Bonchev–Trinajstić information content (AvgIpc) is 2.64. The molecule has 1 N–H and O–H groups in total. The maximum atomic E-state index is 12.8. The Morgan fingerprint density at radius 1 is 1.19 bits per heavy atom. The first-order valence-corrected chi connectivity index (χ1v) is 8.80. The van der Waals surface area contributed by atoms with Gasteiger partial charge in [-0.25, -0.2) is 0 Å². The molecular formula is C18H27F3N4O. The zero-order valence-electron chi connectivity index (χ0n) is 15.3. The lowest BCUT2D eigenvalue weighted by Crippen LogP contribution is -2.57. The van der Waals surface area contributed by atoms with Crippen molar-refractivity contribution >= 4 is 5.96 Å². The Bertz CT molecular complexity index is 557. The van der Waals surface area contributed by atoms with E-state index in [9.17, 15) is 13.2 Å². The Kier molecular flexibility index (Phi) is 7.71. The average molecular weight is 372 g/mol. The van der Waals surface area contributed by atoms with Crippen LogP contribution < -0.4 is 5.32 Å². The first kappa shape index (κ1) is 20.5. The molecule has 1 unspecified atom stereocenters. The Balaban J connectivity index is 1.68. The second kappa shape index (κ2) is 9.78. The quantitative estimate of drug-likeness (QED) is 0.473. The molecule has 1 aromatic carbocycles. The van der Waals surface area contributed by atoms with Gasteiger partial charge in [-0.2, -0.15) is 13.2 Å². The summed E-state index contributed by atoms with van der Waals surface area (Å²) in [7, 11) is 1.68. The van der Waals surface area contributed by atoms with Crippen LogP contribution in [0.4, 0.5) is 13.2 Å². The summed E-state index contributed by atoms with van der Waals surface area (Å²) >= 11 is 0. The van der Waals surface area contributed by atoms with E-state index >= 15 is 0 Å². The summed E-state index contributed by atoms with van der Waals surface area (Å²) in [5.41, 5.74) is 1.12. The Morgan fingerprint density at radius 3 is 2.42 bits per heavy atom. The highest BCUT2D eigenvalue weighted by Crippen LogP contribution is 2.25. The molecule has 1 aliphatic heterocycles. The number of guanidine groups is 1. The van der Waals surface area contributed by atoms with Gasteiger partial charge in [0.15, 0.2) is 5.96 Å². The molecule has 1 saturated heterocycles. The minimum absolute atomic E-state index is 0.367. The van der Waals surface area contributed by atoms with Crippen LogP contribution in [0.5, 0.6) is 0 Å². The molecule has 1 atom stereocenters. The van der Waals surface area contributed by atoms with E-state index < -0.39 is 12.2 Å². The van der Waals surface area contributed by atoms with Crippen molar-refractivity contribution in [3.8, 4) is 0 Å². The van der Waals surface area contributed by atoms with E-state index in [1.165, 1.54) is 11.8 Å². The first-order chi connectivity index (χ1) is 12.4. The minimum atomic E-state index is -4.18. The molecule has 1 fully saturated rings. The third kappa shape index (κ3) is 6.17. The third-order valence-electron chi connectivity index (χ3n) is 4.49. The Hall–Kier alpha value is -1.80. The number of halogens is 3. The van der Waals surface area contributed by atoms with E-state index in [-0.39, 0.29) is 0 Å². The molecule has 0 aliphatic carbocycles. The number of benzene rings is 1. The molecule has 0 radical (unpaired) electrons. The lowest BCUT2D eigenvalue weighted by Gasteiger charge is -2.39. The molecule has 1 heterocycles. The maximum absolute atomic E-state index is 12.8. The first-order valence-electron chi connectivity index (χ1n) is 8.80. The number of nitrogens with one attached hydrogen (secondary N) is 1. The summed E-state index contributed by atoms with van der Waals surface area (Å²) < 4.78 is 44.1. The van der Waals surface area contributed by atoms with E-state index in [1.807, 2.05) is 35.2 Å². The molecule has 26 heavy (non-hydrogen) atoms. The highest BCUT2D eigenvalue weighted by Gasteiger charge is 2.41. The molecule has 146 valence electrons. The Morgan fingerprint density at radius 2 is 1.85 bits per heavy atom. The zero-order chi connectivity index (χ0) is 19.0. The number of hydrogen-bond acceptors (Lipinski definition) is 3. The fourth-order valence-corrected chi connectivity index (χ4v) is 2.86. The summed E-state index contributed by atoms with van der Waals surface area (Å²) in [6.07, 6.45) is -4.18. The van der Waals surface area contributed by atoms with Gasteiger partial charge in [-0.05, 0) is 12.5 Å².